The van der Waals surface area contributed by atoms with E-state index in [4.69, 9.17) is 11.6 Å². The first-order chi connectivity index (χ1) is 11.0. The van der Waals surface area contributed by atoms with Gasteiger partial charge in [0, 0.05) is 18.7 Å². The Balaban J connectivity index is 1.80. The number of aryl methyl sites for hydroxylation is 1. The average molecular weight is 338 g/mol. The number of rotatable bonds is 4. The highest BCUT2D eigenvalue weighted by atomic mass is 35.5. The van der Waals surface area contributed by atoms with E-state index in [1.54, 1.807) is 16.8 Å². The van der Waals surface area contributed by atoms with Crippen molar-refractivity contribution in [1.29, 1.82) is 0 Å². The lowest BCUT2D eigenvalue weighted by atomic mass is 10.0. The van der Waals surface area contributed by atoms with Gasteiger partial charge in [-0.3, -0.25) is 4.90 Å². The Morgan fingerprint density at radius 1 is 1.39 bits per heavy atom. The summed E-state index contributed by atoms with van der Waals surface area (Å²) >= 11 is 6.51. The first-order valence-corrected chi connectivity index (χ1v) is 8.24. The molecule has 2 heterocycles. The minimum absolute atomic E-state index is 0.279. The van der Waals surface area contributed by atoms with Crippen LogP contribution in [-0.4, -0.2) is 39.0 Å². The van der Waals surface area contributed by atoms with E-state index in [-0.39, 0.29) is 11.9 Å². The molecular weight excluding hydrogens is 317 g/mol. The van der Waals surface area contributed by atoms with E-state index in [0.717, 1.165) is 43.0 Å². The molecule has 1 saturated heterocycles. The second kappa shape index (κ2) is 6.59. The first-order valence-electron chi connectivity index (χ1n) is 7.86. The summed E-state index contributed by atoms with van der Waals surface area (Å²) in [5.41, 5.74) is 2.61. The first kappa shape index (κ1) is 16.4. The van der Waals surface area contributed by atoms with Crippen LogP contribution in [-0.2, 0) is 6.54 Å². The lowest BCUT2D eigenvalue weighted by Crippen LogP contribution is -2.24. The molecule has 0 saturated carbocycles. The molecule has 124 valence electrons. The molecule has 1 fully saturated rings. The summed E-state index contributed by atoms with van der Waals surface area (Å²) in [5, 5.41) is 14.8. The zero-order valence-electron chi connectivity index (χ0n) is 13.3. The van der Waals surface area contributed by atoms with Crippen molar-refractivity contribution in [1.82, 2.24) is 14.7 Å². The molecule has 6 heteroatoms. The lowest BCUT2D eigenvalue weighted by Gasteiger charge is -2.17. The molecule has 0 aliphatic carbocycles. The van der Waals surface area contributed by atoms with Crippen LogP contribution in [0.4, 0.5) is 4.39 Å². The van der Waals surface area contributed by atoms with Crippen LogP contribution in [0, 0.1) is 18.7 Å². The van der Waals surface area contributed by atoms with Gasteiger partial charge in [-0.1, -0.05) is 11.6 Å². The summed E-state index contributed by atoms with van der Waals surface area (Å²) in [5.74, 6) is 0.0384. The largest absolute Gasteiger partial charge is 0.393 e. The van der Waals surface area contributed by atoms with Gasteiger partial charge in [0.1, 0.15) is 11.0 Å². The Labute approximate surface area is 140 Å². The Hall–Kier alpha value is -1.43. The van der Waals surface area contributed by atoms with Crippen molar-refractivity contribution in [3.63, 3.8) is 0 Å². The van der Waals surface area contributed by atoms with Crippen LogP contribution >= 0.6 is 11.6 Å². The van der Waals surface area contributed by atoms with Gasteiger partial charge in [-0.25, -0.2) is 9.07 Å². The number of aliphatic hydroxyl groups excluding tert-OH is 1. The maximum atomic E-state index is 13.1. The molecular formula is C17H21ClFN3O. The molecule has 1 aliphatic rings. The highest BCUT2D eigenvalue weighted by Gasteiger charge is 2.27. The maximum Gasteiger partial charge on any atom is 0.137 e. The molecule has 1 aromatic heterocycles. The van der Waals surface area contributed by atoms with E-state index in [2.05, 4.69) is 10.00 Å². The predicted octanol–water partition coefficient (Wildman–Crippen LogP) is 3.18. The smallest absolute Gasteiger partial charge is 0.137 e. The minimum Gasteiger partial charge on any atom is -0.393 e. The van der Waals surface area contributed by atoms with Crippen molar-refractivity contribution in [2.75, 3.05) is 13.1 Å². The minimum atomic E-state index is -0.282. The van der Waals surface area contributed by atoms with Gasteiger partial charge in [0.2, 0.25) is 0 Å². The molecule has 1 aliphatic heterocycles. The van der Waals surface area contributed by atoms with Crippen LogP contribution in [0.1, 0.15) is 24.6 Å². The van der Waals surface area contributed by atoms with E-state index in [1.165, 1.54) is 12.1 Å². The van der Waals surface area contributed by atoms with Crippen molar-refractivity contribution in [2.24, 2.45) is 5.92 Å². The van der Waals surface area contributed by atoms with Gasteiger partial charge < -0.3 is 5.11 Å². The lowest BCUT2D eigenvalue weighted by molar-refractivity contribution is 0.127. The van der Waals surface area contributed by atoms with Gasteiger partial charge in [0.25, 0.3) is 0 Å². The Morgan fingerprint density at radius 3 is 2.70 bits per heavy atom. The quantitative estimate of drug-likeness (QED) is 0.931. The van der Waals surface area contributed by atoms with Gasteiger partial charge in [0.15, 0.2) is 0 Å². The molecule has 1 aromatic carbocycles. The third kappa shape index (κ3) is 3.42. The van der Waals surface area contributed by atoms with Crippen LogP contribution < -0.4 is 0 Å². The van der Waals surface area contributed by atoms with Crippen LogP contribution in [0.2, 0.25) is 5.15 Å². The standard InChI is InChI=1S/C17H21ClFN3O/c1-11-16(10-21-8-7-13(9-21)12(2)23)17(18)22(20-11)15-5-3-14(19)4-6-15/h3-6,12-13,23H,7-10H2,1-2H3. The SMILES string of the molecule is Cc1nn(-c2ccc(F)cc2)c(Cl)c1CN1CCC(C(C)O)C1. The molecule has 2 unspecified atom stereocenters. The molecule has 2 aromatic rings. The molecule has 4 nitrogen and oxygen atoms in total. The number of aromatic nitrogens is 2. The number of benzene rings is 1. The van der Waals surface area contributed by atoms with Crippen molar-refractivity contribution in [2.45, 2.75) is 32.9 Å². The Bertz CT molecular complexity index is 684. The molecule has 0 spiro atoms. The second-order valence-corrected chi connectivity index (χ2v) is 6.63. The molecule has 2 atom stereocenters. The van der Waals surface area contributed by atoms with Crippen LogP contribution in [0.15, 0.2) is 24.3 Å². The fraction of sp³-hybridized carbons (Fsp3) is 0.471. The fourth-order valence-corrected chi connectivity index (χ4v) is 3.42. The van der Waals surface area contributed by atoms with Gasteiger partial charge in [-0.15, -0.1) is 0 Å². The highest BCUT2D eigenvalue weighted by Crippen LogP contribution is 2.28. The molecule has 23 heavy (non-hydrogen) atoms. The highest BCUT2D eigenvalue weighted by molar-refractivity contribution is 6.30. The molecule has 3 rings (SSSR count). The van der Waals surface area contributed by atoms with Gasteiger partial charge in [-0.05, 0) is 57.0 Å². The normalized spacial score (nSPS) is 20.1. The topological polar surface area (TPSA) is 41.3 Å². The summed E-state index contributed by atoms with van der Waals surface area (Å²) in [6, 6.07) is 6.12. The van der Waals surface area contributed by atoms with Crippen molar-refractivity contribution < 1.29 is 9.50 Å². The third-order valence-corrected chi connectivity index (χ3v) is 4.95. The molecule has 0 bridgehead atoms. The van der Waals surface area contributed by atoms with E-state index in [0.29, 0.717) is 11.1 Å². The number of hydrogen-bond acceptors (Lipinski definition) is 3. The van der Waals surface area contributed by atoms with E-state index in [9.17, 15) is 9.50 Å². The molecule has 0 radical (unpaired) electrons. The zero-order valence-corrected chi connectivity index (χ0v) is 14.1. The van der Waals surface area contributed by atoms with Gasteiger partial charge in [-0.2, -0.15) is 5.10 Å². The zero-order chi connectivity index (χ0) is 16.6. The Kier molecular flexibility index (Phi) is 4.71. The summed E-state index contributed by atoms with van der Waals surface area (Å²) in [6.45, 7) is 6.32. The molecule has 1 N–H and O–H groups in total. The summed E-state index contributed by atoms with van der Waals surface area (Å²) in [7, 11) is 0. The van der Waals surface area contributed by atoms with Crippen molar-refractivity contribution in [3.05, 3.63) is 46.5 Å². The monoisotopic (exact) mass is 337 g/mol. The number of aliphatic hydroxyl groups is 1. The molecule has 0 amide bonds. The van der Waals surface area contributed by atoms with Crippen molar-refractivity contribution in [3.8, 4) is 5.69 Å². The summed E-state index contributed by atoms with van der Waals surface area (Å²) in [6.07, 6.45) is 0.721. The van der Waals surface area contributed by atoms with Crippen LogP contribution in [0.5, 0.6) is 0 Å². The summed E-state index contributed by atoms with van der Waals surface area (Å²) in [4.78, 5) is 2.29. The number of nitrogens with zero attached hydrogens (tertiary/aromatic N) is 3. The summed E-state index contributed by atoms with van der Waals surface area (Å²) < 4.78 is 14.7. The van der Waals surface area contributed by atoms with Gasteiger partial charge in [0.05, 0.1) is 17.5 Å². The number of likely N-dealkylation sites (tertiary alicyclic amines) is 1. The van der Waals surface area contributed by atoms with Gasteiger partial charge >= 0.3 is 0 Å². The van der Waals surface area contributed by atoms with E-state index >= 15 is 0 Å². The van der Waals surface area contributed by atoms with Crippen molar-refractivity contribution >= 4 is 11.6 Å². The maximum absolute atomic E-state index is 13.1. The fourth-order valence-electron chi connectivity index (χ4n) is 3.09. The average Bonchev–Trinajstić information content (AvgIpc) is 3.09. The Morgan fingerprint density at radius 2 is 2.09 bits per heavy atom. The number of halogens is 2. The third-order valence-electron chi connectivity index (χ3n) is 4.57. The second-order valence-electron chi connectivity index (χ2n) is 6.27. The van der Waals surface area contributed by atoms with Crippen LogP contribution in [0.25, 0.3) is 5.69 Å². The van der Waals surface area contributed by atoms with E-state index in [1.807, 2.05) is 13.8 Å². The number of hydrogen-bond donors (Lipinski definition) is 1. The predicted molar refractivity (Wildman–Crippen MR) is 88.3 cm³/mol. The van der Waals surface area contributed by atoms with Crippen LogP contribution in [0.3, 0.4) is 0 Å². The van der Waals surface area contributed by atoms with E-state index < -0.39 is 0 Å².